The van der Waals surface area contributed by atoms with Crippen molar-refractivity contribution in [1.29, 1.82) is 0 Å². The first kappa shape index (κ1) is 18.1. The molecule has 1 atom stereocenters. The van der Waals surface area contributed by atoms with Crippen LogP contribution in [0, 0.1) is 0 Å². The first-order valence-electron chi connectivity index (χ1n) is 7.30. The van der Waals surface area contributed by atoms with Gasteiger partial charge in [0.25, 0.3) is 0 Å². The number of amides is 2. The van der Waals surface area contributed by atoms with Gasteiger partial charge < -0.3 is 24.8 Å². The molecule has 0 radical (unpaired) electrons. The number of hydrogen-bond donors (Lipinski definition) is 2. The summed E-state index contributed by atoms with van der Waals surface area (Å²) >= 11 is 3.26. The Hall–Kier alpha value is -2.22. The summed E-state index contributed by atoms with van der Waals surface area (Å²) in [4.78, 5) is 25.7. The Morgan fingerprint density at radius 2 is 2.12 bits per heavy atom. The number of allylic oxidation sites excluding steroid dienone is 1. The number of carbonyl (C=O) groups is 2. The summed E-state index contributed by atoms with van der Waals surface area (Å²) in [6.07, 6.45) is 0. The van der Waals surface area contributed by atoms with Crippen LogP contribution in [-0.4, -0.2) is 42.8 Å². The van der Waals surface area contributed by atoms with Crippen LogP contribution in [0.4, 0.5) is 4.79 Å². The SMILES string of the molecule is CCOc1cc([C@H]2NC(=O)N(C)C(C)=C2C(=O)OC)cc(Br)c1O. The molecule has 2 amide bonds. The monoisotopic (exact) mass is 398 g/mol. The van der Waals surface area contributed by atoms with Gasteiger partial charge in [-0.2, -0.15) is 0 Å². The Kier molecular flexibility index (Phi) is 5.38. The molecule has 0 spiro atoms. The zero-order valence-electron chi connectivity index (χ0n) is 13.8. The second kappa shape index (κ2) is 7.12. The van der Waals surface area contributed by atoms with Crippen LogP contribution in [0.1, 0.15) is 25.5 Å². The smallest absolute Gasteiger partial charge is 0.337 e. The van der Waals surface area contributed by atoms with Gasteiger partial charge in [-0.25, -0.2) is 9.59 Å². The summed E-state index contributed by atoms with van der Waals surface area (Å²) in [5.41, 5.74) is 1.40. The van der Waals surface area contributed by atoms with Crippen molar-refractivity contribution in [1.82, 2.24) is 10.2 Å². The number of halogens is 1. The van der Waals surface area contributed by atoms with E-state index in [0.29, 0.717) is 27.9 Å². The Morgan fingerprint density at radius 1 is 1.46 bits per heavy atom. The van der Waals surface area contributed by atoms with Crippen LogP contribution in [0.25, 0.3) is 0 Å². The van der Waals surface area contributed by atoms with E-state index >= 15 is 0 Å². The molecule has 1 aromatic carbocycles. The largest absolute Gasteiger partial charge is 0.503 e. The minimum Gasteiger partial charge on any atom is -0.503 e. The van der Waals surface area contributed by atoms with Gasteiger partial charge in [-0.15, -0.1) is 0 Å². The number of benzene rings is 1. The van der Waals surface area contributed by atoms with E-state index in [2.05, 4.69) is 21.2 Å². The molecule has 1 aromatic rings. The molecule has 0 aliphatic carbocycles. The predicted octanol–water partition coefficient (Wildman–Crippen LogP) is 2.70. The van der Waals surface area contributed by atoms with Crippen LogP contribution in [0.15, 0.2) is 27.9 Å². The highest BCUT2D eigenvalue weighted by molar-refractivity contribution is 9.10. The molecule has 2 N–H and O–H groups in total. The molecule has 7 nitrogen and oxygen atoms in total. The van der Waals surface area contributed by atoms with Gasteiger partial charge >= 0.3 is 12.0 Å². The van der Waals surface area contributed by atoms with Gasteiger partial charge in [0, 0.05) is 12.7 Å². The van der Waals surface area contributed by atoms with Crippen molar-refractivity contribution in [3.63, 3.8) is 0 Å². The molecular formula is C16H19BrN2O5. The lowest BCUT2D eigenvalue weighted by Gasteiger charge is -2.33. The second-order valence-electron chi connectivity index (χ2n) is 5.21. The minimum atomic E-state index is -0.711. The highest BCUT2D eigenvalue weighted by Crippen LogP contribution is 2.40. The first-order chi connectivity index (χ1) is 11.3. The fourth-order valence-electron chi connectivity index (χ4n) is 2.49. The topological polar surface area (TPSA) is 88.1 Å². The predicted molar refractivity (Wildman–Crippen MR) is 90.7 cm³/mol. The zero-order valence-corrected chi connectivity index (χ0v) is 15.4. The van der Waals surface area contributed by atoms with Gasteiger partial charge in [-0.3, -0.25) is 0 Å². The molecule has 1 aliphatic heterocycles. The number of methoxy groups -OCH3 is 1. The number of carbonyl (C=O) groups excluding carboxylic acids is 2. The van der Waals surface area contributed by atoms with Gasteiger partial charge in [0.05, 0.1) is 29.8 Å². The van der Waals surface area contributed by atoms with Crippen molar-refractivity contribution in [3.05, 3.63) is 33.4 Å². The number of nitrogens with zero attached hydrogens (tertiary/aromatic N) is 1. The van der Waals surface area contributed by atoms with Crippen LogP contribution in [-0.2, 0) is 9.53 Å². The van der Waals surface area contributed by atoms with Crippen LogP contribution >= 0.6 is 15.9 Å². The van der Waals surface area contributed by atoms with Gasteiger partial charge in [0.1, 0.15) is 0 Å². The molecule has 0 bridgehead atoms. The Balaban J connectivity index is 2.60. The number of aromatic hydroxyl groups is 1. The number of phenols is 1. The zero-order chi connectivity index (χ0) is 18.0. The van der Waals surface area contributed by atoms with Crippen molar-refractivity contribution < 1.29 is 24.2 Å². The molecular weight excluding hydrogens is 380 g/mol. The molecule has 2 rings (SSSR count). The lowest BCUT2D eigenvalue weighted by Crippen LogP contribution is -2.46. The summed E-state index contributed by atoms with van der Waals surface area (Å²) in [5.74, 6) is -0.316. The molecule has 8 heteroatoms. The van der Waals surface area contributed by atoms with Crippen molar-refractivity contribution in [2.75, 3.05) is 20.8 Å². The molecule has 0 unspecified atom stereocenters. The van der Waals surface area contributed by atoms with Crippen LogP contribution in [0.3, 0.4) is 0 Å². The second-order valence-corrected chi connectivity index (χ2v) is 6.07. The third-order valence-corrected chi connectivity index (χ3v) is 4.45. The third-order valence-electron chi connectivity index (χ3n) is 3.84. The average molecular weight is 399 g/mol. The summed E-state index contributed by atoms with van der Waals surface area (Å²) in [7, 11) is 2.86. The van der Waals surface area contributed by atoms with Gasteiger partial charge in [0.2, 0.25) is 0 Å². The van der Waals surface area contributed by atoms with E-state index in [0.717, 1.165) is 0 Å². The molecule has 0 aromatic heterocycles. The quantitative estimate of drug-likeness (QED) is 0.761. The van der Waals surface area contributed by atoms with E-state index in [1.54, 1.807) is 33.0 Å². The summed E-state index contributed by atoms with van der Waals surface area (Å²) in [6, 6.07) is 2.17. The van der Waals surface area contributed by atoms with E-state index in [1.165, 1.54) is 12.0 Å². The Labute approximate surface area is 148 Å². The van der Waals surface area contributed by atoms with Gasteiger partial charge in [-0.1, -0.05) is 0 Å². The maximum atomic E-state index is 12.2. The maximum Gasteiger partial charge on any atom is 0.337 e. The molecule has 130 valence electrons. The summed E-state index contributed by atoms with van der Waals surface area (Å²) < 4.78 is 10.7. The number of nitrogens with one attached hydrogen (secondary N) is 1. The lowest BCUT2D eigenvalue weighted by atomic mass is 9.94. The van der Waals surface area contributed by atoms with E-state index < -0.39 is 12.0 Å². The Bertz CT molecular complexity index is 717. The first-order valence-corrected chi connectivity index (χ1v) is 8.09. The molecule has 0 saturated carbocycles. The molecule has 24 heavy (non-hydrogen) atoms. The number of urea groups is 1. The highest BCUT2D eigenvalue weighted by Gasteiger charge is 2.35. The normalized spacial score (nSPS) is 17.6. The molecule has 0 saturated heterocycles. The van der Waals surface area contributed by atoms with E-state index in [4.69, 9.17) is 9.47 Å². The molecule has 1 aliphatic rings. The Morgan fingerprint density at radius 3 is 2.71 bits per heavy atom. The van der Waals surface area contributed by atoms with Crippen LogP contribution in [0.5, 0.6) is 11.5 Å². The van der Waals surface area contributed by atoms with Crippen molar-refractivity contribution in [2.24, 2.45) is 0 Å². The number of phenolic OH excluding ortho intramolecular Hbond substituents is 1. The fourth-order valence-corrected chi connectivity index (χ4v) is 2.95. The fraction of sp³-hybridized carbons (Fsp3) is 0.375. The minimum absolute atomic E-state index is 0.0415. The number of hydrogen-bond acceptors (Lipinski definition) is 5. The molecule has 1 heterocycles. The third kappa shape index (κ3) is 3.19. The van der Waals surface area contributed by atoms with Gasteiger partial charge in [0.15, 0.2) is 11.5 Å². The lowest BCUT2D eigenvalue weighted by molar-refractivity contribution is -0.136. The van der Waals surface area contributed by atoms with Crippen molar-refractivity contribution >= 4 is 27.9 Å². The number of rotatable bonds is 4. The standard InChI is InChI=1S/C16H19BrN2O5/c1-5-24-11-7-9(6-10(17)14(11)20)13-12(15(21)23-4)8(2)19(3)16(22)18-13/h6-7,13,20H,5H2,1-4H3,(H,18,22)/t13-/m1/s1. The van der Waals surface area contributed by atoms with Crippen LogP contribution in [0.2, 0.25) is 0 Å². The summed E-state index contributed by atoms with van der Waals surface area (Å²) in [5, 5.41) is 12.8. The number of ether oxygens (including phenoxy) is 2. The van der Waals surface area contributed by atoms with Crippen LogP contribution < -0.4 is 10.1 Å². The number of esters is 1. The average Bonchev–Trinajstić information content (AvgIpc) is 2.55. The highest BCUT2D eigenvalue weighted by atomic mass is 79.9. The summed E-state index contributed by atoms with van der Waals surface area (Å²) in [6.45, 7) is 3.83. The van der Waals surface area contributed by atoms with E-state index in [9.17, 15) is 14.7 Å². The molecule has 0 fully saturated rings. The van der Waals surface area contributed by atoms with E-state index in [-0.39, 0.29) is 17.5 Å². The maximum absolute atomic E-state index is 12.2. The van der Waals surface area contributed by atoms with Crippen molar-refractivity contribution in [2.45, 2.75) is 19.9 Å². The van der Waals surface area contributed by atoms with E-state index in [1.807, 2.05) is 0 Å². The van der Waals surface area contributed by atoms with Crippen molar-refractivity contribution in [3.8, 4) is 11.5 Å². The van der Waals surface area contributed by atoms with Gasteiger partial charge in [-0.05, 0) is 47.5 Å².